The van der Waals surface area contributed by atoms with Gasteiger partial charge in [-0.05, 0) is 5.92 Å². The maximum Gasteiger partial charge on any atom is 0.222 e. The number of rotatable bonds is 2. The summed E-state index contributed by atoms with van der Waals surface area (Å²) in [5, 5.41) is 7.97. The van der Waals surface area contributed by atoms with Gasteiger partial charge < -0.3 is 9.47 Å². The summed E-state index contributed by atoms with van der Waals surface area (Å²) in [6, 6.07) is 1.65. The van der Waals surface area contributed by atoms with Gasteiger partial charge in [0.1, 0.15) is 0 Å². The van der Waals surface area contributed by atoms with Gasteiger partial charge in [-0.1, -0.05) is 0 Å². The highest BCUT2D eigenvalue weighted by Gasteiger charge is 1.95. The van der Waals surface area contributed by atoms with Crippen molar-refractivity contribution in [2.45, 2.75) is 6.29 Å². The third-order valence-corrected chi connectivity index (χ3v) is 0.674. The zero-order valence-electron chi connectivity index (χ0n) is 5.34. The minimum absolute atomic E-state index is 0.579. The molecule has 0 fully saturated rings. The molecular formula is C6H7NO2. The molecule has 9 heavy (non-hydrogen) atoms. The van der Waals surface area contributed by atoms with Gasteiger partial charge in [-0.25, -0.2) is 0 Å². The molecule has 0 aromatic rings. The summed E-state index contributed by atoms with van der Waals surface area (Å²) in [6.07, 6.45) is -0.579. The van der Waals surface area contributed by atoms with Crippen LogP contribution in [0.2, 0.25) is 0 Å². The van der Waals surface area contributed by atoms with E-state index in [2.05, 4.69) is 21.3 Å². The zero-order valence-corrected chi connectivity index (χ0v) is 5.34. The first-order valence-electron chi connectivity index (χ1n) is 2.30. The Morgan fingerprint density at radius 3 is 2.22 bits per heavy atom. The number of methoxy groups -OCH3 is 2. The van der Waals surface area contributed by atoms with Crippen LogP contribution in [0.15, 0.2) is 0 Å². The average molecular weight is 125 g/mol. The summed E-state index contributed by atoms with van der Waals surface area (Å²) >= 11 is 0. The highest BCUT2D eigenvalue weighted by atomic mass is 16.7. The molecule has 0 N–H and O–H groups in total. The van der Waals surface area contributed by atoms with E-state index in [4.69, 9.17) is 5.26 Å². The predicted octanol–water partition coefficient (Wildman–Crippen LogP) is 0.132. The lowest BCUT2D eigenvalue weighted by Crippen LogP contribution is -2.08. The van der Waals surface area contributed by atoms with Gasteiger partial charge in [-0.3, -0.25) is 0 Å². The van der Waals surface area contributed by atoms with Gasteiger partial charge in [0.25, 0.3) is 0 Å². The normalized spacial score (nSPS) is 7.78. The average Bonchev–Trinajstić information content (AvgIpc) is 1.91. The van der Waals surface area contributed by atoms with Crippen molar-refractivity contribution in [1.82, 2.24) is 0 Å². The van der Waals surface area contributed by atoms with Gasteiger partial charge >= 0.3 is 0 Å². The van der Waals surface area contributed by atoms with E-state index in [1.165, 1.54) is 14.2 Å². The smallest absolute Gasteiger partial charge is 0.222 e. The van der Waals surface area contributed by atoms with Crippen LogP contribution in [-0.2, 0) is 9.47 Å². The number of ether oxygens (including phenoxy) is 2. The maximum absolute atomic E-state index is 7.97. The summed E-state index contributed by atoms with van der Waals surface area (Å²) in [5.41, 5.74) is 0. The van der Waals surface area contributed by atoms with Crippen LogP contribution < -0.4 is 0 Å². The van der Waals surface area contributed by atoms with Crippen LogP contribution in [0.4, 0.5) is 0 Å². The molecule has 0 saturated carbocycles. The fourth-order valence-electron chi connectivity index (χ4n) is 0.305. The summed E-state index contributed by atoms with van der Waals surface area (Å²) in [4.78, 5) is 0. The second-order valence-electron chi connectivity index (χ2n) is 1.18. The van der Waals surface area contributed by atoms with Gasteiger partial charge in [-0.15, -0.1) is 0 Å². The lowest BCUT2D eigenvalue weighted by atomic mass is 10.6. The predicted molar refractivity (Wildman–Crippen MR) is 31.2 cm³/mol. The number of nitriles is 1. The molecule has 3 heteroatoms. The van der Waals surface area contributed by atoms with Crippen molar-refractivity contribution in [3.63, 3.8) is 0 Å². The third kappa shape index (κ3) is 3.54. The van der Waals surface area contributed by atoms with E-state index < -0.39 is 6.29 Å². The molecule has 0 heterocycles. The molecule has 0 atom stereocenters. The fourth-order valence-corrected chi connectivity index (χ4v) is 0.305. The van der Waals surface area contributed by atoms with Gasteiger partial charge in [0, 0.05) is 20.1 Å². The number of nitrogens with zero attached hydrogens (tertiary/aromatic N) is 1. The third-order valence-electron chi connectivity index (χ3n) is 0.674. The van der Waals surface area contributed by atoms with Gasteiger partial charge in [0.2, 0.25) is 6.29 Å². The first kappa shape index (κ1) is 7.97. The molecule has 0 aromatic carbocycles. The Bertz CT molecular complexity index is 156. The first-order chi connectivity index (χ1) is 4.35. The minimum Gasteiger partial charge on any atom is -0.345 e. The first-order valence-corrected chi connectivity index (χ1v) is 2.30. The molecule has 0 bridgehead atoms. The molecule has 0 rings (SSSR count). The molecule has 0 saturated heterocycles. The Kier molecular flexibility index (Phi) is 4.53. The second-order valence-corrected chi connectivity index (χ2v) is 1.18. The van der Waals surface area contributed by atoms with Crippen LogP contribution in [0.1, 0.15) is 0 Å². The topological polar surface area (TPSA) is 42.2 Å². The van der Waals surface area contributed by atoms with Crippen molar-refractivity contribution in [1.29, 1.82) is 5.26 Å². The highest BCUT2D eigenvalue weighted by Crippen LogP contribution is 1.84. The lowest BCUT2D eigenvalue weighted by Gasteiger charge is -2.02. The molecule has 0 aromatic heterocycles. The molecule has 48 valence electrons. The molecule has 0 unspecified atom stereocenters. The Morgan fingerprint density at radius 2 is 1.89 bits per heavy atom. The standard InChI is InChI=1S/C6H7NO2/c1-8-6(9-2)4-3-5-7/h6H,1-2H3. The van der Waals surface area contributed by atoms with E-state index in [0.29, 0.717) is 0 Å². The summed E-state index contributed by atoms with van der Waals surface area (Å²) in [7, 11) is 2.92. The number of hydrogen-bond acceptors (Lipinski definition) is 3. The molecular weight excluding hydrogens is 118 g/mol. The van der Waals surface area contributed by atoms with E-state index >= 15 is 0 Å². The van der Waals surface area contributed by atoms with Crippen molar-refractivity contribution in [3.05, 3.63) is 0 Å². The van der Waals surface area contributed by atoms with Crippen LogP contribution in [0.5, 0.6) is 0 Å². The second kappa shape index (κ2) is 5.11. The van der Waals surface area contributed by atoms with Gasteiger partial charge in [0.15, 0.2) is 6.07 Å². The van der Waals surface area contributed by atoms with E-state index in [1.54, 1.807) is 6.07 Å². The van der Waals surface area contributed by atoms with Crippen molar-refractivity contribution in [3.8, 4) is 17.9 Å². The van der Waals surface area contributed by atoms with Crippen molar-refractivity contribution in [2.75, 3.05) is 14.2 Å². The van der Waals surface area contributed by atoms with Crippen LogP contribution in [0, 0.1) is 23.2 Å². The zero-order chi connectivity index (χ0) is 7.11. The van der Waals surface area contributed by atoms with Crippen LogP contribution >= 0.6 is 0 Å². The van der Waals surface area contributed by atoms with Crippen molar-refractivity contribution >= 4 is 0 Å². The Morgan fingerprint density at radius 1 is 1.33 bits per heavy atom. The van der Waals surface area contributed by atoms with Crippen molar-refractivity contribution < 1.29 is 9.47 Å². The Hall–Kier alpha value is -1.03. The Balaban J connectivity index is 3.71. The molecule has 0 aliphatic heterocycles. The highest BCUT2D eigenvalue weighted by molar-refractivity contribution is 5.17. The van der Waals surface area contributed by atoms with Crippen LogP contribution in [-0.4, -0.2) is 20.5 Å². The van der Waals surface area contributed by atoms with Crippen LogP contribution in [0.3, 0.4) is 0 Å². The Labute approximate surface area is 54.2 Å². The van der Waals surface area contributed by atoms with Crippen molar-refractivity contribution in [2.24, 2.45) is 0 Å². The maximum atomic E-state index is 7.97. The molecule has 0 radical (unpaired) electrons. The van der Waals surface area contributed by atoms with E-state index in [9.17, 15) is 0 Å². The quantitative estimate of drug-likeness (QED) is 0.389. The van der Waals surface area contributed by atoms with Gasteiger partial charge in [0.05, 0.1) is 0 Å². The largest absolute Gasteiger partial charge is 0.345 e. The summed E-state index contributed by atoms with van der Waals surface area (Å²) in [6.45, 7) is 0. The number of hydrogen-bond donors (Lipinski definition) is 0. The SMILES string of the molecule is COC(C#CC#N)OC. The summed E-state index contributed by atoms with van der Waals surface area (Å²) in [5.74, 6) is 4.57. The molecule has 0 amide bonds. The minimum atomic E-state index is -0.579. The summed E-state index contributed by atoms with van der Waals surface area (Å²) < 4.78 is 9.31. The molecule has 0 aliphatic rings. The monoisotopic (exact) mass is 125 g/mol. The van der Waals surface area contributed by atoms with E-state index in [1.807, 2.05) is 0 Å². The molecule has 0 aliphatic carbocycles. The van der Waals surface area contributed by atoms with Crippen LogP contribution in [0.25, 0.3) is 0 Å². The fraction of sp³-hybridized carbons (Fsp3) is 0.500. The molecule has 0 spiro atoms. The molecule has 3 nitrogen and oxygen atoms in total. The lowest BCUT2D eigenvalue weighted by molar-refractivity contribution is -0.0595. The van der Waals surface area contributed by atoms with E-state index in [-0.39, 0.29) is 0 Å². The van der Waals surface area contributed by atoms with Gasteiger partial charge in [-0.2, -0.15) is 5.26 Å². The van der Waals surface area contributed by atoms with E-state index in [0.717, 1.165) is 0 Å².